The molecule has 3 N–H and O–H groups in total. The van der Waals surface area contributed by atoms with Gasteiger partial charge >= 0.3 is 0 Å². The van der Waals surface area contributed by atoms with Crippen LogP contribution in [0.3, 0.4) is 0 Å². The predicted molar refractivity (Wildman–Crippen MR) is 61.1 cm³/mol. The fourth-order valence-electron chi connectivity index (χ4n) is 1.25. The second-order valence-electron chi connectivity index (χ2n) is 3.29. The fourth-order valence-corrected chi connectivity index (χ4v) is 1.25. The van der Waals surface area contributed by atoms with E-state index < -0.39 is 6.10 Å². The van der Waals surface area contributed by atoms with Crippen LogP contribution in [0.25, 0.3) is 0 Å². The minimum atomic E-state index is -0.770. The van der Waals surface area contributed by atoms with Gasteiger partial charge < -0.3 is 25.0 Å². The van der Waals surface area contributed by atoms with Crippen LogP contribution in [-0.4, -0.2) is 43.7 Å². The van der Waals surface area contributed by atoms with Crippen LogP contribution in [-0.2, 0) is 0 Å². The molecule has 1 unspecified atom stereocenters. The molecule has 1 aromatic rings. The zero-order chi connectivity index (χ0) is 12.0. The monoisotopic (exact) mass is 227 g/mol. The number of rotatable bonds is 6. The lowest BCUT2D eigenvalue weighted by molar-refractivity contribution is 0.105. The maximum atomic E-state index is 9.18. The van der Waals surface area contributed by atoms with Crippen LogP contribution >= 0.6 is 0 Å². The van der Waals surface area contributed by atoms with E-state index in [4.69, 9.17) is 14.6 Å². The largest absolute Gasteiger partial charge is 0.493 e. The third-order valence-electron chi connectivity index (χ3n) is 2.14. The van der Waals surface area contributed by atoms with Gasteiger partial charge in [-0.15, -0.1) is 0 Å². The minimum absolute atomic E-state index is 0.264. The van der Waals surface area contributed by atoms with Gasteiger partial charge in [0.05, 0.1) is 26.9 Å². The van der Waals surface area contributed by atoms with E-state index in [1.807, 2.05) is 6.07 Å². The molecule has 0 saturated carbocycles. The summed E-state index contributed by atoms with van der Waals surface area (Å²) in [5.74, 6) is 1.27. The zero-order valence-electron chi connectivity index (χ0n) is 9.43. The van der Waals surface area contributed by atoms with Crippen molar-refractivity contribution in [2.24, 2.45) is 0 Å². The number of aliphatic hydroxyl groups excluding tert-OH is 2. The van der Waals surface area contributed by atoms with E-state index in [1.54, 1.807) is 26.4 Å². The quantitative estimate of drug-likeness (QED) is 0.659. The molecule has 0 aliphatic carbocycles. The van der Waals surface area contributed by atoms with Crippen molar-refractivity contribution < 1.29 is 19.7 Å². The lowest BCUT2D eigenvalue weighted by Crippen LogP contribution is -2.22. The maximum Gasteiger partial charge on any atom is 0.162 e. The summed E-state index contributed by atoms with van der Waals surface area (Å²) in [6.45, 7) is 0.0201. The first kappa shape index (κ1) is 12.6. The third kappa shape index (κ3) is 3.29. The topological polar surface area (TPSA) is 71.0 Å². The molecule has 0 amide bonds. The number of ether oxygens (including phenoxy) is 2. The van der Waals surface area contributed by atoms with Crippen molar-refractivity contribution in [3.63, 3.8) is 0 Å². The van der Waals surface area contributed by atoms with E-state index in [1.165, 1.54) is 0 Å². The summed E-state index contributed by atoms with van der Waals surface area (Å²) in [6, 6.07) is 5.35. The Morgan fingerprint density at radius 2 is 1.94 bits per heavy atom. The van der Waals surface area contributed by atoms with E-state index in [-0.39, 0.29) is 13.2 Å². The highest BCUT2D eigenvalue weighted by molar-refractivity contribution is 5.54. The van der Waals surface area contributed by atoms with Gasteiger partial charge in [0, 0.05) is 18.3 Å². The molecular weight excluding hydrogens is 210 g/mol. The molecule has 90 valence electrons. The predicted octanol–water partition coefficient (Wildman–Crippen LogP) is 0.469. The molecule has 0 fully saturated rings. The van der Waals surface area contributed by atoms with Crippen molar-refractivity contribution in [2.75, 3.05) is 32.7 Å². The highest BCUT2D eigenvalue weighted by Gasteiger charge is 2.05. The summed E-state index contributed by atoms with van der Waals surface area (Å²) in [4.78, 5) is 0. The van der Waals surface area contributed by atoms with Crippen molar-refractivity contribution in [1.82, 2.24) is 0 Å². The smallest absolute Gasteiger partial charge is 0.162 e. The summed E-state index contributed by atoms with van der Waals surface area (Å²) in [7, 11) is 3.13. The molecule has 0 bridgehead atoms. The summed E-state index contributed by atoms with van der Waals surface area (Å²) < 4.78 is 10.2. The van der Waals surface area contributed by atoms with Crippen LogP contribution in [0.15, 0.2) is 18.2 Å². The van der Waals surface area contributed by atoms with E-state index >= 15 is 0 Å². The van der Waals surface area contributed by atoms with E-state index in [0.29, 0.717) is 11.5 Å². The Labute approximate surface area is 94.6 Å². The Bertz CT molecular complexity index is 330. The summed E-state index contributed by atoms with van der Waals surface area (Å²) >= 11 is 0. The van der Waals surface area contributed by atoms with E-state index in [0.717, 1.165) is 5.69 Å². The highest BCUT2D eigenvalue weighted by atomic mass is 16.5. The minimum Gasteiger partial charge on any atom is -0.493 e. The normalized spacial score (nSPS) is 12.0. The second-order valence-corrected chi connectivity index (χ2v) is 3.29. The van der Waals surface area contributed by atoms with Gasteiger partial charge in [0.25, 0.3) is 0 Å². The van der Waals surface area contributed by atoms with Crippen LogP contribution < -0.4 is 14.8 Å². The Kier molecular flexibility index (Phi) is 4.88. The first-order valence-electron chi connectivity index (χ1n) is 4.96. The van der Waals surface area contributed by atoms with E-state index in [2.05, 4.69) is 5.32 Å². The average molecular weight is 227 g/mol. The Morgan fingerprint density at radius 1 is 1.25 bits per heavy atom. The molecular formula is C11H17NO4. The summed E-state index contributed by atoms with van der Waals surface area (Å²) in [5, 5.41) is 20.8. The molecule has 16 heavy (non-hydrogen) atoms. The third-order valence-corrected chi connectivity index (χ3v) is 2.14. The summed E-state index contributed by atoms with van der Waals surface area (Å²) in [6.07, 6.45) is -0.770. The van der Waals surface area contributed by atoms with Gasteiger partial charge in [-0.2, -0.15) is 0 Å². The molecule has 0 aromatic heterocycles. The van der Waals surface area contributed by atoms with Crippen LogP contribution in [0.2, 0.25) is 0 Å². The number of aliphatic hydroxyl groups is 2. The highest BCUT2D eigenvalue weighted by Crippen LogP contribution is 2.29. The van der Waals surface area contributed by atoms with Gasteiger partial charge in [-0.25, -0.2) is 0 Å². The Morgan fingerprint density at radius 3 is 2.50 bits per heavy atom. The molecule has 0 aliphatic heterocycles. The van der Waals surface area contributed by atoms with Crippen LogP contribution in [0.1, 0.15) is 0 Å². The molecule has 0 aliphatic rings. The maximum absolute atomic E-state index is 9.18. The van der Waals surface area contributed by atoms with Crippen LogP contribution in [0.5, 0.6) is 11.5 Å². The van der Waals surface area contributed by atoms with Gasteiger partial charge in [0.2, 0.25) is 0 Å². The van der Waals surface area contributed by atoms with Gasteiger partial charge in [0.1, 0.15) is 0 Å². The first-order valence-corrected chi connectivity index (χ1v) is 4.96. The zero-order valence-corrected chi connectivity index (χ0v) is 9.43. The Hall–Kier alpha value is -1.46. The molecule has 1 atom stereocenters. The lowest BCUT2D eigenvalue weighted by atomic mass is 10.2. The molecule has 5 heteroatoms. The SMILES string of the molecule is COc1ccc(NCC(O)CO)cc1OC. The second kappa shape index (κ2) is 6.19. The number of anilines is 1. The number of methoxy groups -OCH3 is 2. The number of hydrogen-bond donors (Lipinski definition) is 3. The van der Waals surface area contributed by atoms with Gasteiger partial charge in [-0.05, 0) is 12.1 Å². The fraction of sp³-hybridized carbons (Fsp3) is 0.455. The molecule has 0 saturated heterocycles. The molecule has 0 radical (unpaired) electrons. The molecule has 1 aromatic carbocycles. The van der Waals surface area contributed by atoms with Crippen LogP contribution in [0, 0.1) is 0 Å². The number of nitrogens with one attached hydrogen (secondary N) is 1. The average Bonchev–Trinajstić information content (AvgIpc) is 2.35. The molecule has 5 nitrogen and oxygen atoms in total. The first-order chi connectivity index (χ1) is 7.71. The van der Waals surface area contributed by atoms with Crippen molar-refractivity contribution in [2.45, 2.75) is 6.10 Å². The molecule has 1 rings (SSSR count). The lowest BCUT2D eigenvalue weighted by Gasteiger charge is -2.13. The van der Waals surface area contributed by atoms with Crippen molar-refractivity contribution in [1.29, 1.82) is 0 Å². The molecule has 0 heterocycles. The van der Waals surface area contributed by atoms with Crippen molar-refractivity contribution in [3.8, 4) is 11.5 Å². The summed E-state index contributed by atoms with van der Waals surface area (Å²) in [5.41, 5.74) is 0.796. The number of hydrogen-bond acceptors (Lipinski definition) is 5. The van der Waals surface area contributed by atoms with Crippen molar-refractivity contribution >= 4 is 5.69 Å². The van der Waals surface area contributed by atoms with Gasteiger partial charge in [0.15, 0.2) is 11.5 Å². The molecule has 0 spiro atoms. The van der Waals surface area contributed by atoms with Crippen molar-refractivity contribution in [3.05, 3.63) is 18.2 Å². The van der Waals surface area contributed by atoms with Gasteiger partial charge in [-0.1, -0.05) is 0 Å². The van der Waals surface area contributed by atoms with E-state index in [9.17, 15) is 5.11 Å². The van der Waals surface area contributed by atoms with Gasteiger partial charge in [-0.3, -0.25) is 0 Å². The Balaban J connectivity index is 2.67. The standard InChI is InChI=1S/C11H17NO4/c1-15-10-4-3-8(5-11(10)16-2)12-6-9(14)7-13/h3-5,9,12-14H,6-7H2,1-2H3. The number of benzene rings is 1. The van der Waals surface area contributed by atoms with Crippen LogP contribution in [0.4, 0.5) is 5.69 Å².